The van der Waals surface area contributed by atoms with E-state index in [-0.39, 0.29) is 12.0 Å². The number of rotatable bonds is 0. The molecule has 48 valence electrons. The van der Waals surface area contributed by atoms with Crippen LogP contribution in [0, 0.1) is 17.2 Å². The zero-order chi connectivity index (χ0) is 6.85. The number of oxime groups is 1. The Bertz CT molecular complexity index is 180. The Morgan fingerprint density at radius 1 is 1.78 bits per heavy atom. The van der Waals surface area contributed by atoms with Gasteiger partial charge < -0.3 is 4.84 Å². The van der Waals surface area contributed by atoms with Crippen LogP contribution >= 0.6 is 0 Å². The van der Waals surface area contributed by atoms with Gasteiger partial charge in [0.1, 0.15) is 12.0 Å². The zero-order valence-corrected chi connectivity index (χ0v) is 5.46. The van der Waals surface area contributed by atoms with E-state index < -0.39 is 0 Å². The minimum Gasteiger partial charge on any atom is -0.391 e. The summed E-state index contributed by atoms with van der Waals surface area (Å²) in [6.07, 6.45) is -0.0602. The van der Waals surface area contributed by atoms with E-state index in [2.05, 4.69) is 11.2 Å². The molecule has 0 radical (unpaired) electrons. The summed E-state index contributed by atoms with van der Waals surface area (Å²) in [4.78, 5) is 4.83. The minimum atomic E-state index is -0.134. The van der Waals surface area contributed by atoms with Crippen molar-refractivity contribution in [3.8, 4) is 6.07 Å². The molecule has 3 nitrogen and oxygen atoms in total. The Labute approximate surface area is 53.9 Å². The summed E-state index contributed by atoms with van der Waals surface area (Å²) < 4.78 is 0. The summed E-state index contributed by atoms with van der Waals surface area (Å²) in [6, 6.07) is 2.11. The van der Waals surface area contributed by atoms with Crippen molar-refractivity contribution in [3.63, 3.8) is 0 Å². The fraction of sp³-hybridized carbons (Fsp3) is 0.667. The molecule has 9 heavy (non-hydrogen) atoms. The van der Waals surface area contributed by atoms with Gasteiger partial charge in [-0.05, 0) is 13.8 Å². The van der Waals surface area contributed by atoms with Crippen LogP contribution in [0.2, 0.25) is 0 Å². The van der Waals surface area contributed by atoms with Crippen molar-refractivity contribution in [2.45, 2.75) is 20.0 Å². The Balaban J connectivity index is 2.71. The summed E-state index contributed by atoms with van der Waals surface area (Å²) >= 11 is 0. The van der Waals surface area contributed by atoms with Gasteiger partial charge in [-0.15, -0.1) is 0 Å². The maximum atomic E-state index is 8.50. The van der Waals surface area contributed by atoms with Crippen molar-refractivity contribution in [2.75, 3.05) is 0 Å². The number of hydrogen-bond acceptors (Lipinski definition) is 3. The number of nitriles is 1. The summed E-state index contributed by atoms with van der Waals surface area (Å²) in [5.74, 6) is -0.134. The highest BCUT2D eigenvalue weighted by Crippen LogP contribution is 2.16. The summed E-state index contributed by atoms with van der Waals surface area (Å²) in [6.45, 7) is 3.64. The zero-order valence-electron chi connectivity index (χ0n) is 5.46. The summed E-state index contributed by atoms with van der Waals surface area (Å²) in [5.41, 5.74) is 0.782. The lowest BCUT2D eigenvalue weighted by molar-refractivity contribution is 0.0866. The number of hydrogen-bond donors (Lipinski definition) is 0. The maximum absolute atomic E-state index is 8.50. The smallest absolute Gasteiger partial charge is 0.145 e. The first-order valence-electron chi connectivity index (χ1n) is 2.85. The van der Waals surface area contributed by atoms with Crippen LogP contribution in [0.5, 0.6) is 0 Å². The molecule has 2 atom stereocenters. The van der Waals surface area contributed by atoms with E-state index in [0.29, 0.717) is 0 Å². The molecule has 0 fully saturated rings. The molecule has 2 unspecified atom stereocenters. The molecular formula is C6H8N2O. The largest absolute Gasteiger partial charge is 0.391 e. The highest BCUT2D eigenvalue weighted by atomic mass is 16.6. The molecule has 1 aliphatic rings. The lowest BCUT2D eigenvalue weighted by atomic mass is 10.0. The van der Waals surface area contributed by atoms with Crippen molar-refractivity contribution in [1.82, 2.24) is 0 Å². The van der Waals surface area contributed by atoms with Crippen LogP contribution in [0.15, 0.2) is 5.16 Å². The molecule has 0 aromatic carbocycles. The summed E-state index contributed by atoms with van der Waals surface area (Å²) in [7, 11) is 0. The van der Waals surface area contributed by atoms with Crippen molar-refractivity contribution in [2.24, 2.45) is 11.1 Å². The second-order valence-corrected chi connectivity index (χ2v) is 2.15. The standard InChI is InChI=1S/C6H8N2O/c1-4-6(3-7)5(2)9-8-4/h5-6H,1-2H3. The molecule has 1 heterocycles. The second kappa shape index (κ2) is 2.06. The van der Waals surface area contributed by atoms with Crippen LogP contribution in [0.25, 0.3) is 0 Å². The Morgan fingerprint density at radius 3 is 2.67 bits per heavy atom. The van der Waals surface area contributed by atoms with E-state index in [1.165, 1.54) is 0 Å². The quantitative estimate of drug-likeness (QED) is 0.482. The molecule has 3 heteroatoms. The third kappa shape index (κ3) is 0.879. The first-order chi connectivity index (χ1) is 4.25. The van der Waals surface area contributed by atoms with E-state index in [4.69, 9.17) is 10.1 Å². The van der Waals surface area contributed by atoms with E-state index in [0.717, 1.165) is 5.71 Å². The van der Waals surface area contributed by atoms with Crippen molar-refractivity contribution >= 4 is 5.71 Å². The van der Waals surface area contributed by atoms with Gasteiger partial charge in [0.25, 0.3) is 0 Å². The molecule has 0 aliphatic carbocycles. The first kappa shape index (κ1) is 6.09. The summed E-state index contributed by atoms with van der Waals surface area (Å²) in [5, 5.41) is 12.2. The van der Waals surface area contributed by atoms with Crippen LogP contribution in [0.1, 0.15) is 13.8 Å². The Kier molecular flexibility index (Phi) is 1.39. The van der Waals surface area contributed by atoms with Gasteiger partial charge in [0.15, 0.2) is 0 Å². The molecule has 0 amide bonds. The Hall–Kier alpha value is -1.04. The predicted molar refractivity (Wildman–Crippen MR) is 32.8 cm³/mol. The van der Waals surface area contributed by atoms with Crippen LogP contribution in [0.3, 0.4) is 0 Å². The molecule has 1 rings (SSSR count). The maximum Gasteiger partial charge on any atom is 0.145 e. The van der Waals surface area contributed by atoms with Crippen LogP contribution in [0.4, 0.5) is 0 Å². The van der Waals surface area contributed by atoms with Crippen molar-refractivity contribution in [1.29, 1.82) is 5.26 Å². The molecule has 0 aromatic rings. The fourth-order valence-electron chi connectivity index (χ4n) is 0.822. The molecule has 0 N–H and O–H groups in total. The van der Waals surface area contributed by atoms with Crippen LogP contribution in [-0.4, -0.2) is 11.8 Å². The van der Waals surface area contributed by atoms with Gasteiger partial charge in [-0.2, -0.15) is 5.26 Å². The molecule has 0 saturated heterocycles. The highest BCUT2D eigenvalue weighted by Gasteiger charge is 2.26. The first-order valence-corrected chi connectivity index (χ1v) is 2.85. The lowest BCUT2D eigenvalue weighted by Crippen LogP contribution is -2.16. The van der Waals surface area contributed by atoms with Gasteiger partial charge >= 0.3 is 0 Å². The minimum absolute atomic E-state index is 0.0602. The van der Waals surface area contributed by atoms with Gasteiger partial charge in [-0.3, -0.25) is 0 Å². The normalized spacial score (nSPS) is 32.8. The molecular weight excluding hydrogens is 116 g/mol. The van der Waals surface area contributed by atoms with Crippen molar-refractivity contribution < 1.29 is 4.84 Å². The van der Waals surface area contributed by atoms with Gasteiger partial charge in [-0.1, -0.05) is 5.16 Å². The highest BCUT2D eigenvalue weighted by molar-refractivity contribution is 5.87. The average molecular weight is 124 g/mol. The van der Waals surface area contributed by atoms with E-state index in [9.17, 15) is 0 Å². The van der Waals surface area contributed by atoms with Crippen LogP contribution < -0.4 is 0 Å². The monoisotopic (exact) mass is 124 g/mol. The molecule has 0 saturated carbocycles. The average Bonchev–Trinajstić information content (AvgIpc) is 2.12. The third-order valence-electron chi connectivity index (χ3n) is 1.42. The predicted octanol–water partition coefficient (Wildman–Crippen LogP) is 0.921. The molecule has 0 spiro atoms. The topological polar surface area (TPSA) is 45.4 Å². The third-order valence-corrected chi connectivity index (χ3v) is 1.42. The van der Waals surface area contributed by atoms with Gasteiger partial charge in [-0.25, -0.2) is 0 Å². The Morgan fingerprint density at radius 2 is 2.44 bits per heavy atom. The van der Waals surface area contributed by atoms with E-state index in [1.54, 1.807) is 6.92 Å². The van der Waals surface area contributed by atoms with Crippen molar-refractivity contribution in [3.05, 3.63) is 0 Å². The SMILES string of the molecule is CC1=NOC(C)C1C#N. The molecule has 0 aromatic heterocycles. The fourth-order valence-corrected chi connectivity index (χ4v) is 0.822. The van der Waals surface area contributed by atoms with Crippen LogP contribution in [-0.2, 0) is 4.84 Å². The van der Waals surface area contributed by atoms with Gasteiger partial charge in [0, 0.05) is 0 Å². The van der Waals surface area contributed by atoms with E-state index in [1.807, 2.05) is 6.92 Å². The second-order valence-electron chi connectivity index (χ2n) is 2.15. The van der Waals surface area contributed by atoms with E-state index >= 15 is 0 Å². The molecule has 0 bridgehead atoms. The van der Waals surface area contributed by atoms with Gasteiger partial charge in [0.05, 0.1) is 11.8 Å². The lowest BCUT2D eigenvalue weighted by Gasteiger charge is -2.02. The van der Waals surface area contributed by atoms with Gasteiger partial charge in [0.2, 0.25) is 0 Å². The molecule has 1 aliphatic heterocycles. The number of nitrogens with zero attached hydrogens (tertiary/aromatic N) is 2.